The molecule has 0 heterocycles. The lowest BCUT2D eigenvalue weighted by Gasteiger charge is -2.02. The maximum Gasteiger partial charge on any atom is 0.289 e. The highest BCUT2D eigenvalue weighted by Crippen LogP contribution is 2.27. The summed E-state index contributed by atoms with van der Waals surface area (Å²) in [6.07, 6.45) is 2.59. The number of rotatable bonds is 5. The number of nitrogens with zero attached hydrogens (tertiary/aromatic N) is 1. The molecule has 0 saturated heterocycles. The van der Waals surface area contributed by atoms with Gasteiger partial charge in [0.2, 0.25) is 0 Å². The molecule has 0 fully saturated rings. The molecule has 0 aromatic heterocycles. The number of carbonyl (C=O) groups excluding carboxylic acids is 1. The lowest BCUT2D eigenvalue weighted by molar-refractivity contribution is -0.384. The van der Waals surface area contributed by atoms with Crippen molar-refractivity contribution in [1.29, 1.82) is 0 Å². The molecular weight excluding hydrogens is 311 g/mol. The number of ketones is 1. The maximum absolute atomic E-state index is 12.8. The van der Waals surface area contributed by atoms with Crippen molar-refractivity contribution in [2.75, 3.05) is 5.32 Å². The third-order valence-corrected chi connectivity index (χ3v) is 3.08. The first-order valence-corrected chi connectivity index (χ1v) is 6.52. The van der Waals surface area contributed by atoms with Gasteiger partial charge < -0.3 is 5.32 Å². The maximum atomic E-state index is 12.8. The molecule has 0 aliphatic rings. The molecule has 0 bridgehead atoms. The van der Waals surface area contributed by atoms with Gasteiger partial charge in [0.1, 0.15) is 10.8 Å². The third kappa shape index (κ3) is 3.89. The lowest BCUT2D eigenvalue weighted by atomic mass is 10.1. The minimum Gasteiger partial charge on any atom is -0.361 e. The van der Waals surface area contributed by atoms with E-state index in [0.29, 0.717) is 11.3 Å². The second-order valence-corrected chi connectivity index (χ2v) is 4.68. The van der Waals surface area contributed by atoms with E-state index in [4.69, 9.17) is 11.6 Å². The molecule has 22 heavy (non-hydrogen) atoms. The van der Waals surface area contributed by atoms with Crippen molar-refractivity contribution in [2.45, 2.75) is 0 Å². The van der Waals surface area contributed by atoms with Gasteiger partial charge in [-0.25, -0.2) is 4.39 Å². The van der Waals surface area contributed by atoms with Crippen LogP contribution in [0, 0.1) is 15.9 Å². The summed E-state index contributed by atoms with van der Waals surface area (Å²) in [5.74, 6) is -0.747. The minimum absolute atomic E-state index is 0.0296. The Hall–Kier alpha value is -2.73. The second-order valence-electron chi connectivity index (χ2n) is 4.27. The van der Waals surface area contributed by atoms with Gasteiger partial charge in [0.25, 0.3) is 5.69 Å². The largest absolute Gasteiger partial charge is 0.361 e. The minimum atomic E-state index is -0.596. The summed E-state index contributed by atoms with van der Waals surface area (Å²) in [5, 5.41) is 13.5. The highest BCUT2D eigenvalue weighted by Gasteiger charge is 2.12. The molecule has 0 spiro atoms. The van der Waals surface area contributed by atoms with Gasteiger partial charge in [0.15, 0.2) is 5.78 Å². The van der Waals surface area contributed by atoms with Crippen LogP contribution in [0.1, 0.15) is 10.4 Å². The molecular formula is C15H10ClFN2O3. The van der Waals surface area contributed by atoms with Crippen LogP contribution in [-0.2, 0) is 0 Å². The van der Waals surface area contributed by atoms with Gasteiger partial charge in [-0.05, 0) is 36.4 Å². The van der Waals surface area contributed by atoms with Crippen LogP contribution in [0.25, 0.3) is 0 Å². The average Bonchev–Trinajstić information content (AvgIpc) is 2.49. The summed E-state index contributed by atoms with van der Waals surface area (Å²) in [5.41, 5.74) is 0.519. The number of halogens is 2. The van der Waals surface area contributed by atoms with Gasteiger partial charge in [-0.1, -0.05) is 11.6 Å². The number of hydrogen-bond acceptors (Lipinski definition) is 4. The van der Waals surface area contributed by atoms with Crippen LogP contribution >= 0.6 is 11.6 Å². The van der Waals surface area contributed by atoms with Crippen LogP contribution in [0.15, 0.2) is 54.7 Å². The van der Waals surface area contributed by atoms with E-state index in [9.17, 15) is 19.3 Å². The monoisotopic (exact) mass is 320 g/mol. The highest BCUT2D eigenvalue weighted by molar-refractivity contribution is 6.32. The first kappa shape index (κ1) is 15.7. The van der Waals surface area contributed by atoms with Crippen molar-refractivity contribution in [1.82, 2.24) is 0 Å². The van der Waals surface area contributed by atoms with Crippen molar-refractivity contribution in [3.05, 3.63) is 81.3 Å². The molecule has 7 heteroatoms. The smallest absolute Gasteiger partial charge is 0.289 e. The molecule has 112 valence electrons. The molecule has 0 aliphatic heterocycles. The summed E-state index contributed by atoms with van der Waals surface area (Å²) < 4.78 is 12.8. The summed E-state index contributed by atoms with van der Waals surface area (Å²) in [4.78, 5) is 22.0. The fourth-order valence-corrected chi connectivity index (χ4v) is 1.85. The quantitative estimate of drug-likeness (QED) is 0.388. The number of nitrogens with one attached hydrogen (secondary N) is 1. The molecule has 0 amide bonds. The summed E-state index contributed by atoms with van der Waals surface area (Å²) in [6.45, 7) is 0. The SMILES string of the molecule is O=C(/C=C/Nc1ccc(Cl)c([N+](=O)[O-])c1)c1ccc(F)cc1. The summed E-state index contributed by atoms with van der Waals surface area (Å²) >= 11 is 5.70. The Bertz CT molecular complexity index is 745. The van der Waals surface area contributed by atoms with Gasteiger partial charge in [-0.2, -0.15) is 0 Å². The van der Waals surface area contributed by atoms with Gasteiger partial charge >= 0.3 is 0 Å². The van der Waals surface area contributed by atoms with Crippen LogP contribution in [0.4, 0.5) is 15.8 Å². The number of nitro benzene ring substituents is 1. The van der Waals surface area contributed by atoms with Crippen molar-refractivity contribution < 1.29 is 14.1 Å². The van der Waals surface area contributed by atoms with Crippen LogP contribution in [0.2, 0.25) is 5.02 Å². The second kappa shape index (κ2) is 6.82. The van der Waals surface area contributed by atoms with E-state index in [2.05, 4.69) is 5.32 Å². The fourth-order valence-electron chi connectivity index (χ4n) is 1.67. The van der Waals surface area contributed by atoms with Crippen LogP contribution in [-0.4, -0.2) is 10.7 Å². The molecule has 0 saturated carbocycles. The number of anilines is 1. The predicted octanol–water partition coefficient (Wildman–Crippen LogP) is 4.20. The Kier molecular flexibility index (Phi) is 4.85. The standard InChI is InChI=1S/C15H10ClFN2O3/c16-13-6-5-12(9-14(13)19(21)22)18-8-7-15(20)10-1-3-11(17)4-2-10/h1-9,18H/b8-7+. The van der Waals surface area contributed by atoms with E-state index in [1.165, 1.54) is 48.7 Å². The van der Waals surface area contributed by atoms with Crippen molar-refractivity contribution in [3.8, 4) is 0 Å². The van der Waals surface area contributed by atoms with Gasteiger partial charge in [-0.15, -0.1) is 0 Å². The van der Waals surface area contributed by atoms with Crippen molar-refractivity contribution in [3.63, 3.8) is 0 Å². The van der Waals surface area contributed by atoms with Crippen molar-refractivity contribution in [2.24, 2.45) is 0 Å². The molecule has 0 atom stereocenters. The van der Waals surface area contributed by atoms with E-state index in [1.54, 1.807) is 6.07 Å². The van der Waals surface area contributed by atoms with Crippen LogP contribution in [0.5, 0.6) is 0 Å². The van der Waals surface area contributed by atoms with E-state index < -0.39 is 10.7 Å². The number of hydrogen-bond donors (Lipinski definition) is 1. The topological polar surface area (TPSA) is 72.2 Å². The fraction of sp³-hybridized carbons (Fsp3) is 0. The van der Waals surface area contributed by atoms with Crippen molar-refractivity contribution >= 4 is 28.8 Å². The number of allylic oxidation sites excluding steroid dienone is 1. The highest BCUT2D eigenvalue weighted by atomic mass is 35.5. The molecule has 0 radical (unpaired) electrons. The van der Waals surface area contributed by atoms with Gasteiger partial charge in [0.05, 0.1) is 4.92 Å². The molecule has 2 rings (SSSR count). The van der Waals surface area contributed by atoms with Crippen LogP contribution < -0.4 is 5.32 Å². The Morgan fingerprint density at radius 3 is 2.55 bits per heavy atom. The number of carbonyl (C=O) groups is 1. The first-order valence-electron chi connectivity index (χ1n) is 6.14. The zero-order chi connectivity index (χ0) is 16.1. The zero-order valence-electron chi connectivity index (χ0n) is 11.1. The molecule has 2 aromatic rings. The normalized spacial score (nSPS) is 10.6. The summed E-state index contributed by atoms with van der Waals surface area (Å²) in [6, 6.07) is 9.31. The molecule has 0 unspecified atom stereocenters. The van der Waals surface area contributed by atoms with Gasteiger partial charge in [0, 0.05) is 29.6 Å². The predicted molar refractivity (Wildman–Crippen MR) is 81.6 cm³/mol. The number of benzene rings is 2. The Labute approximate surface area is 130 Å². The lowest BCUT2D eigenvalue weighted by Crippen LogP contribution is -1.97. The van der Waals surface area contributed by atoms with Gasteiger partial charge in [-0.3, -0.25) is 14.9 Å². The number of nitro groups is 1. The van der Waals surface area contributed by atoms with E-state index >= 15 is 0 Å². The molecule has 2 aromatic carbocycles. The third-order valence-electron chi connectivity index (χ3n) is 2.76. The van der Waals surface area contributed by atoms with E-state index in [1.807, 2.05) is 0 Å². The molecule has 0 aliphatic carbocycles. The van der Waals surface area contributed by atoms with Crippen LogP contribution in [0.3, 0.4) is 0 Å². The Balaban J connectivity index is 2.06. The van der Waals surface area contributed by atoms with E-state index in [0.717, 1.165) is 0 Å². The Morgan fingerprint density at radius 1 is 1.23 bits per heavy atom. The average molecular weight is 321 g/mol. The zero-order valence-corrected chi connectivity index (χ0v) is 11.9. The Morgan fingerprint density at radius 2 is 1.91 bits per heavy atom. The van der Waals surface area contributed by atoms with E-state index in [-0.39, 0.29) is 16.5 Å². The molecule has 1 N–H and O–H groups in total. The first-order chi connectivity index (χ1) is 10.5. The molecule has 5 nitrogen and oxygen atoms in total. The summed E-state index contributed by atoms with van der Waals surface area (Å²) in [7, 11) is 0.